The Labute approximate surface area is 196 Å². The third-order valence-electron chi connectivity index (χ3n) is 5.87. The van der Waals surface area contributed by atoms with E-state index in [1.54, 1.807) is 17.9 Å². The number of pyridine rings is 1. The first-order valence-corrected chi connectivity index (χ1v) is 11.4. The number of anilines is 1. The Morgan fingerprint density at radius 2 is 2.18 bits per heavy atom. The van der Waals surface area contributed by atoms with Gasteiger partial charge in [0.25, 0.3) is 0 Å². The molecule has 0 amide bonds. The number of aliphatic imine (C=N–C) groups is 1. The van der Waals surface area contributed by atoms with E-state index in [-0.39, 0.29) is 12.6 Å². The van der Waals surface area contributed by atoms with Gasteiger partial charge in [0.1, 0.15) is 12.5 Å². The molecule has 8 heteroatoms. The number of morpholine rings is 1. The van der Waals surface area contributed by atoms with E-state index in [4.69, 9.17) is 9.72 Å². The second-order valence-corrected chi connectivity index (χ2v) is 8.36. The normalized spacial score (nSPS) is 17.0. The van der Waals surface area contributed by atoms with Crippen molar-refractivity contribution in [1.82, 2.24) is 20.1 Å². The summed E-state index contributed by atoms with van der Waals surface area (Å²) in [5, 5.41) is 7.41. The monoisotopic (exact) mass is 454 g/mol. The third-order valence-corrected chi connectivity index (χ3v) is 5.87. The fourth-order valence-corrected chi connectivity index (χ4v) is 4.13. The zero-order chi connectivity index (χ0) is 24.0. The Morgan fingerprint density at radius 1 is 1.39 bits per heavy atom. The molecular formula is C25H35FN6O. The molecule has 1 N–H and O–H groups in total. The van der Waals surface area contributed by atoms with Crippen LogP contribution in [0.2, 0.25) is 0 Å². The standard InChI is InChI=1S/C25H35FN6O/c1-17(2)20(7-10-27-5)25(28-6)24-19(4)21(22-8-11-29-32(22)12-9-26)15-23(30-24)31-13-14-33-16-18(31)3/h7-8,10-11,15,18,27H,9,12-14,16H2,1-6H3/b10-7-,28-25?/t18-/m1/s1. The molecule has 0 spiro atoms. The molecule has 0 unspecified atom stereocenters. The van der Waals surface area contributed by atoms with Crippen LogP contribution in [-0.4, -0.2) is 67.0 Å². The number of hydrogen-bond donors (Lipinski definition) is 1. The van der Waals surface area contributed by atoms with E-state index in [2.05, 4.69) is 47.1 Å². The van der Waals surface area contributed by atoms with E-state index in [0.29, 0.717) is 13.2 Å². The van der Waals surface area contributed by atoms with Crippen molar-refractivity contribution in [2.45, 2.75) is 40.3 Å². The minimum absolute atomic E-state index is 0.194. The highest BCUT2D eigenvalue weighted by molar-refractivity contribution is 6.15. The lowest BCUT2D eigenvalue weighted by molar-refractivity contribution is 0.0985. The highest BCUT2D eigenvalue weighted by Gasteiger charge is 2.25. The zero-order valence-electron chi connectivity index (χ0n) is 20.5. The van der Waals surface area contributed by atoms with Crippen LogP contribution in [-0.2, 0) is 11.3 Å². The summed E-state index contributed by atoms with van der Waals surface area (Å²) in [6.45, 7) is 10.1. The van der Waals surface area contributed by atoms with E-state index in [0.717, 1.165) is 51.7 Å². The van der Waals surface area contributed by atoms with Crippen molar-refractivity contribution in [2.75, 3.05) is 45.4 Å². The van der Waals surface area contributed by atoms with E-state index in [1.165, 1.54) is 0 Å². The molecule has 1 aliphatic heterocycles. The number of ether oxygens (including phenoxy) is 1. The fraction of sp³-hybridized carbons (Fsp3) is 0.480. The second-order valence-electron chi connectivity index (χ2n) is 8.36. The number of nitrogens with one attached hydrogen (secondary N) is 1. The molecule has 7 nitrogen and oxygen atoms in total. The molecule has 3 heterocycles. The zero-order valence-corrected chi connectivity index (χ0v) is 20.5. The molecule has 2 aromatic heterocycles. The van der Waals surface area contributed by atoms with Crippen molar-refractivity contribution < 1.29 is 9.13 Å². The Hall–Kier alpha value is -3.00. The van der Waals surface area contributed by atoms with Crippen molar-refractivity contribution in [3.05, 3.63) is 53.0 Å². The van der Waals surface area contributed by atoms with Crippen LogP contribution in [0.1, 0.15) is 32.0 Å². The molecule has 1 saturated heterocycles. The molecule has 0 bridgehead atoms. The maximum Gasteiger partial charge on any atom is 0.130 e. The van der Waals surface area contributed by atoms with Crippen LogP contribution in [0.15, 0.2) is 46.7 Å². The first kappa shape index (κ1) is 24.6. The van der Waals surface area contributed by atoms with Gasteiger partial charge in [0.05, 0.1) is 42.9 Å². The number of halogens is 1. The summed E-state index contributed by atoms with van der Waals surface area (Å²) in [5.41, 5.74) is 6.61. The summed E-state index contributed by atoms with van der Waals surface area (Å²) < 4.78 is 20.6. The van der Waals surface area contributed by atoms with E-state index < -0.39 is 6.67 Å². The maximum absolute atomic E-state index is 13.2. The van der Waals surface area contributed by atoms with Gasteiger partial charge < -0.3 is 15.0 Å². The van der Waals surface area contributed by atoms with Crippen LogP contribution >= 0.6 is 0 Å². The van der Waals surface area contributed by atoms with Crippen molar-refractivity contribution in [3.63, 3.8) is 0 Å². The summed E-state index contributed by atoms with van der Waals surface area (Å²) in [7, 11) is 3.67. The molecule has 0 aromatic carbocycles. The topological polar surface area (TPSA) is 67.6 Å². The van der Waals surface area contributed by atoms with Gasteiger partial charge in [-0.25, -0.2) is 9.37 Å². The number of rotatable bonds is 8. The second kappa shape index (κ2) is 11.2. The molecular weight excluding hydrogens is 419 g/mol. The predicted molar refractivity (Wildman–Crippen MR) is 133 cm³/mol. The van der Waals surface area contributed by atoms with Crippen molar-refractivity contribution in [1.29, 1.82) is 0 Å². The number of hydrogen-bond acceptors (Lipinski definition) is 6. The van der Waals surface area contributed by atoms with Gasteiger partial charge >= 0.3 is 0 Å². The minimum Gasteiger partial charge on any atom is -0.394 e. The van der Waals surface area contributed by atoms with Gasteiger partial charge in [0.15, 0.2) is 0 Å². The quantitative estimate of drug-likeness (QED) is 0.483. The van der Waals surface area contributed by atoms with Crippen molar-refractivity contribution >= 4 is 11.5 Å². The van der Waals surface area contributed by atoms with Crippen LogP contribution in [0.5, 0.6) is 0 Å². The number of alkyl halides is 1. The molecule has 2 aromatic rings. The minimum atomic E-state index is -0.475. The summed E-state index contributed by atoms with van der Waals surface area (Å²) in [6.07, 6.45) is 5.64. The Bertz CT molecular complexity index is 1050. The molecule has 0 saturated carbocycles. The van der Waals surface area contributed by atoms with Crippen LogP contribution in [0, 0.1) is 6.92 Å². The van der Waals surface area contributed by atoms with Gasteiger partial charge in [0.2, 0.25) is 0 Å². The largest absolute Gasteiger partial charge is 0.394 e. The van der Waals surface area contributed by atoms with Crippen LogP contribution in [0.25, 0.3) is 11.3 Å². The summed E-state index contributed by atoms with van der Waals surface area (Å²) in [6, 6.07) is 4.21. The number of aromatic nitrogens is 3. The lowest BCUT2D eigenvalue weighted by Gasteiger charge is -2.35. The smallest absolute Gasteiger partial charge is 0.130 e. The summed E-state index contributed by atoms with van der Waals surface area (Å²) in [5.74, 6) is 0.862. The van der Waals surface area contributed by atoms with E-state index >= 15 is 0 Å². The highest BCUT2D eigenvalue weighted by Crippen LogP contribution is 2.32. The fourth-order valence-electron chi connectivity index (χ4n) is 4.13. The Morgan fingerprint density at radius 3 is 2.82 bits per heavy atom. The van der Waals surface area contributed by atoms with Gasteiger partial charge in [-0.2, -0.15) is 5.10 Å². The predicted octanol–water partition coefficient (Wildman–Crippen LogP) is 3.94. The average molecular weight is 455 g/mol. The van der Waals surface area contributed by atoms with Gasteiger partial charge in [-0.05, 0) is 57.7 Å². The maximum atomic E-state index is 13.2. The first-order valence-electron chi connectivity index (χ1n) is 11.4. The van der Waals surface area contributed by atoms with Crippen LogP contribution < -0.4 is 10.2 Å². The van der Waals surface area contributed by atoms with Gasteiger partial charge in [-0.3, -0.25) is 9.67 Å². The van der Waals surface area contributed by atoms with E-state index in [9.17, 15) is 4.39 Å². The number of allylic oxidation sites excluding steroid dienone is 3. The number of nitrogens with zero attached hydrogens (tertiary/aromatic N) is 5. The molecule has 178 valence electrons. The number of aryl methyl sites for hydroxylation is 1. The summed E-state index contributed by atoms with van der Waals surface area (Å²) >= 11 is 0. The van der Waals surface area contributed by atoms with E-state index in [1.807, 2.05) is 32.3 Å². The van der Waals surface area contributed by atoms with Crippen molar-refractivity contribution in [2.24, 2.45) is 4.99 Å². The highest BCUT2D eigenvalue weighted by atomic mass is 19.1. The molecule has 0 radical (unpaired) electrons. The average Bonchev–Trinajstić information content (AvgIpc) is 3.26. The van der Waals surface area contributed by atoms with Gasteiger partial charge in [-0.15, -0.1) is 0 Å². The lowest BCUT2D eigenvalue weighted by Crippen LogP contribution is -2.44. The Kier molecular flexibility index (Phi) is 8.38. The van der Waals surface area contributed by atoms with Crippen LogP contribution in [0.4, 0.5) is 10.2 Å². The molecule has 3 rings (SSSR count). The third kappa shape index (κ3) is 5.33. The lowest BCUT2D eigenvalue weighted by atomic mass is 9.95. The molecule has 1 atom stereocenters. The molecule has 33 heavy (non-hydrogen) atoms. The Balaban J connectivity index is 2.26. The van der Waals surface area contributed by atoms with Gasteiger partial charge in [0, 0.05) is 38.0 Å². The SMILES string of the molecule is CN=C(C(/C=C\NC)=C(C)C)c1nc(N2CCOC[C@H]2C)cc(-c2ccnn2CCF)c1C. The molecule has 1 fully saturated rings. The van der Waals surface area contributed by atoms with Crippen LogP contribution in [0.3, 0.4) is 0 Å². The van der Waals surface area contributed by atoms with Crippen molar-refractivity contribution in [3.8, 4) is 11.3 Å². The first-order chi connectivity index (χ1) is 15.9. The van der Waals surface area contributed by atoms with Gasteiger partial charge in [-0.1, -0.05) is 5.57 Å². The molecule has 0 aliphatic carbocycles. The molecule has 1 aliphatic rings. The summed E-state index contributed by atoms with van der Waals surface area (Å²) in [4.78, 5) is 12.1.